The lowest BCUT2D eigenvalue weighted by Crippen LogP contribution is -2.42. The molecule has 0 unspecified atom stereocenters. The first-order valence-electron chi connectivity index (χ1n) is 3.83. The second-order valence-corrected chi connectivity index (χ2v) is 2.73. The summed E-state index contributed by atoms with van der Waals surface area (Å²) in [6, 6.07) is 0. The van der Waals surface area contributed by atoms with Gasteiger partial charge in [-0.25, -0.2) is 4.79 Å². The first-order chi connectivity index (χ1) is 7.51. The van der Waals surface area contributed by atoms with E-state index in [9.17, 15) is 27.6 Å². The lowest BCUT2D eigenvalue weighted by Gasteiger charge is -2.18. The molecule has 0 saturated heterocycles. The van der Waals surface area contributed by atoms with Crippen LogP contribution in [0.2, 0.25) is 0 Å². The van der Waals surface area contributed by atoms with Crippen LogP contribution in [0.15, 0.2) is 0 Å². The maximum atomic E-state index is 10.3. The van der Waals surface area contributed by atoms with Gasteiger partial charge in [-0.05, 0) is 0 Å². The number of carboxylic acid groups (broad SMARTS) is 3. The van der Waals surface area contributed by atoms with Gasteiger partial charge in [0.25, 0.3) is 0 Å². The maximum absolute atomic E-state index is 10.3. The van der Waals surface area contributed by atoms with E-state index in [2.05, 4.69) is 0 Å². The van der Waals surface area contributed by atoms with E-state index in [0.717, 1.165) is 0 Å². The van der Waals surface area contributed by atoms with Crippen LogP contribution in [0.1, 0.15) is 12.8 Å². The number of aliphatic hydroxyl groups is 1. The quantitative estimate of drug-likeness (QED) is 0.545. The van der Waals surface area contributed by atoms with E-state index in [1.54, 1.807) is 0 Å². The third kappa shape index (κ3) is 10.4. The summed E-state index contributed by atoms with van der Waals surface area (Å²) < 4.78 is 29.0. The summed E-state index contributed by atoms with van der Waals surface area (Å²) in [6.07, 6.45) is -2.29. The van der Waals surface area contributed by atoms with Crippen molar-refractivity contribution in [2.75, 3.05) is 0 Å². The normalized spacial score (nSPS) is 10.4. The van der Waals surface area contributed by atoms with Gasteiger partial charge in [0, 0.05) is 0 Å². The van der Waals surface area contributed by atoms with E-state index in [4.69, 9.17) is 20.4 Å². The van der Waals surface area contributed by atoms with Gasteiger partial charge in [0.1, 0.15) is 0 Å². The number of aliphatic carboxylic acids is 3. The molecule has 0 aliphatic heterocycles. The van der Waals surface area contributed by atoms with Crippen LogP contribution in [-0.4, -0.2) is 50.6 Å². The molecule has 0 atom stereocenters. The van der Waals surface area contributed by atoms with Crippen molar-refractivity contribution in [3.8, 4) is 0 Å². The SMILES string of the molecule is FC(F)F.O=C(O)CC(O)(CC(=O)O)C(=O)O. The monoisotopic (exact) mass is 262 g/mol. The van der Waals surface area contributed by atoms with Gasteiger partial charge in [0.05, 0.1) is 12.8 Å². The summed E-state index contributed by atoms with van der Waals surface area (Å²) in [5, 5.41) is 33.8. The number of alkyl halides is 3. The zero-order chi connectivity index (χ0) is 14.2. The number of carbonyl (C=O) groups is 3. The summed E-state index contributed by atoms with van der Waals surface area (Å²) in [5.74, 6) is -5.02. The van der Waals surface area contributed by atoms with Gasteiger partial charge in [0.15, 0.2) is 5.60 Å². The molecule has 0 amide bonds. The summed E-state index contributed by atoms with van der Waals surface area (Å²) >= 11 is 0. The molecule has 0 aromatic carbocycles. The highest BCUT2D eigenvalue weighted by Gasteiger charge is 2.40. The number of rotatable bonds is 5. The molecule has 0 aliphatic rings. The first-order valence-corrected chi connectivity index (χ1v) is 3.83. The van der Waals surface area contributed by atoms with Crippen LogP contribution in [0.25, 0.3) is 0 Å². The first kappa shape index (κ1) is 17.6. The topological polar surface area (TPSA) is 132 Å². The second-order valence-electron chi connectivity index (χ2n) is 2.73. The fraction of sp³-hybridized carbons (Fsp3) is 0.571. The van der Waals surface area contributed by atoms with Crippen molar-refractivity contribution in [2.45, 2.75) is 25.1 Å². The predicted molar refractivity (Wildman–Crippen MR) is 44.2 cm³/mol. The van der Waals surface area contributed by atoms with Crippen LogP contribution in [0.5, 0.6) is 0 Å². The molecule has 100 valence electrons. The Labute approximate surface area is 92.1 Å². The van der Waals surface area contributed by atoms with Gasteiger partial charge in [-0.2, -0.15) is 13.2 Å². The Morgan fingerprint density at radius 3 is 1.29 bits per heavy atom. The van der Waals surface area contributed by atoms with Crippen molar-refractivity contribution in [2.24, 2.45) is 0 Å². The molecular formula is C7H9F3O7. The maximum Gasteiger partial charge on any atom is 0.379 e. The Morgan fingerprint density at radius 2 is 1.18 bits per heavy atom. The van der Waals surface area contributed by atoms with Gasteiger partial charge in [0.2, 0.25) is 0 Å². The molecule has 0 fully saturated rings. The summed E-state index contributed by atoms with van der Waals surface area (Å²) in [4.78, 5) is 30.5. The molecule has 0 saturated carbocycles. The average molecular weight is 262 g/mol. The zero-order valence-corrected chi connectivity index (χ0v) is 8.14. The van der Waals surface area contributed by atoms with E-state index < -0.39 is 43.0 Å². The molecule has 0 bridgehead atoms. The van der Waals surface area contributed by atoms with Crippen molar-refractivity contribution in [3.63, 3.8) is 0 Å². The van der Waals surface area contributed by atoms with Gasteiger partial charge in [-0.1, -0.05) is 0 Å². The predicted octanol–water partition coefficient (Wildman–Crippen LogP) is -0.0700. The van der Waals surface area contributed by atoms with Crippen molar-refractivity contribution < 1.29 is 48.0 Å². The van der Waals surface area contributed by atoms with Crippen molar-refractivity contribution in [3.05, 3.63) is 0 Å². The van der Waals surface area contributed by atoms with E-state index in [1.807, 2.05) is 0 Å². The van der Waals surface area contributed by atoms with Crippen molar-refractivity contribution in [1.29, 1.82) is 0 Å². The molecule has 0 aromatic heterocycles. The molecule has 0 aliphatic carbocycles. The third-order valence-corrected chi connectivity index (χ3v) is 1.29. The molecule has 0 radical (unpaired) electrons. The van der Waals surface area contributed by atoms with E-state index in [1.165, 1.54) is 0 Å². The Hall–Kier alpha value is -1.84. The van der Waals surface area contributed by atoms with Crippen LogP contribution in [0.3, 0.4) is 0 Å². The van der Waals surface area contributed by atoms with E-state index >= 15 is 0 Å². The highest BCUT2D eigenvalue weighted by atomic mass is 19.4. The van der Waals surface area contributed by atoms with Gasteiger partial charge < -0.3 is 20.4 Å². The Balaban J connectivity index is 0. The summed E-state index contributed by atoms with van der Waals surface area (Å²) in [5.41, 5.74) is -2.74. The van der Waals surface area contributed by atoms with Gasteiger partial charge in [-0.3, -0.25) is 9.59 Å². The fourth-order valence-electron chi connectivity index (χ4n) is 0.714. The molecule has 10 heteroatoms. The molecule has 4 N–H and O–H groups in total. The molecular weight excluding hydrogens is 253 g/mol. The number of hydrogen-bond donors (Lipinski definition) is 4. The van der Waals surface area contributed by atoms with Crippen LogP contribution in [0, 0.1) is 0 Å². The molecule has 7 nitrogen and oxygen atoms in total. The molecule has 17 heavy (non-hydrogen) atoms. The van der Waals surface area contributed by atoms with Gasteiger partial charge in [-0.15, -0.1) is 0 Å². The lowest BCUT2D eigenvalue weighted by molar-refractivity contribution is -0.170. The van der Waals surface area contributed by atoms with Crippen LogP contribution in [-0.2, 0) is 14.4 Å². The highest BCUT2D eigenvalue weighted by molar-refractivity contribution is 5.88. The van der Waals surface area contributed by atoms with Crippen LogP contribution >= 0.6 is 0 Å². The van der Waals surface area contributed by atoms with Gasteiger partial charge >= 0.3 is 24.6 Å². The minimum absolute atomic E-state index is 1.14. The molecule has 0 spiro atoms. The Kier molecular flexibility index (Phi) is 7.68. The molecule has 0 rings (SSSR count). The summed E-state index contributed by atoms with van der Waals surface area (Å²) in [6.45, 7) is -3.67. The average Bonchev–Trinajstić information content (AvgIpc) is 1.98. The standard InChI is InChI=1S/C6H8O7.CHF3/c7-3(8)1-6(13,5(11)12)2-4(9)10;2-1(3)4/h13H,1-2H2,(H,7,8)(H,9,10)(H,11,12);1H. The molecule has 0 aromatic rings. The van der Waals surface area contributed by atoms with Crippen LogP contribution < -0.4 is 0 Å². The minimum Gasteiger partial charge on any atom is -0.481 e. The molecule has 0 heterocycles. The highest BCUT2D eigenvalue weighted by Crippen LogP contribution is 2.15. The largest absolute Gasteiger partial charge is 0.481 e. The number of carboxylic acids is 3. The lowest BCUT2D eigenvalue weighted by atomic mass is 9.96. The fourth-order valence-corrected chi connectivity index (χ4v) is 0.714. The zero-order valence-electron chi connectivity index (χ0n) is 8.14. The minimum atomic E-state index is -3.67. The van der Waals surface area contributed by atoms with Crippen LogP contribution in [0.4, 0.5) is 13.2 Å². The van der Waals surface area contributed by atoms with E-state index in [0.29, 0.717) is 0 Å². The van der Waals surface area contributed by atoms with Crippen molar-refractivity contribution >= 4 is 17.9 Å². The third-order valence-electron chi connectivity index (χ3n) is 1.29. The second kappa shape index (κ2) is 7.44. The Morgan fingerprint density at radius 1 is 0.941 bits per heavy atom. The number of halogens is 3. The number of hydrogen-bond acceptors (Lipinski definition) is 4. The van der Waals surface area contributed by atoms with Crippen molar-refractivity contribution in [1.82, 2.24) is 0 Å². The summed E-state index contributed by atoms with van der Waals surface area (Å²) in [7, 11) is 0. The smallest absolute Gasteiger partial charge is 0.379 e. The Bertz CT molecular complexity index is 272. The van der Waals surface area contributed by atoms with E-state index in [-0.39, 0.29) is 0 Å².